The zero-order valence-corrected chi connectivity index (χ0v) is 10.5. The van der Waals surface area contributed by atoms with Crippen LogP contribution in [-0.4, -0.2) is 44.3 Å². The van der Waals surface area contributed by atoms with Gasteiger partial charge in [0.2, 0.25) is 10.1 Å². The first-order valence-corrected chi connectivity index (χ1v) is 6.83. The molecule has 0 aliphatic carbocycles. The summed E-state index contributed by atoms with van der Waals surface area (Å²) >= 11 is 1.38. The first kappa shape index (κ1) is 10.9. The predicted octanol–water partition coefficient (Wildman–Crippen LogP) is 0.796. The fraction of sp³-hybridized carbons (Fsp3) is 0.700. The summed E-state index contributed by atoms with van der Waals surface area (Å²) in [5.74, 6) is 0.915. The van der Waals surface area contributed by atoms with Crippen LogP contribution in [0, 0.1) is 0 Å². The van der Waals surface area contributed by atoms with Crippen LogP contribution < -0.4 is 5.73 Å². The van der Waals surface area contributed by atoms with Crippen LogP contribution in [0.3, 0.4) is 0 Å². The molecule has 0 atom stereocenters. The molecule has 0 spiro atoms. The molecular formula is C10H16N6S. The molecule has 0 bridgehead atoms. The van der Waals surface area contributed by atoms with Gasteiger partial charge in [0.1, 0.15) is 0 Å². The van der Waals surface area contributed by atoms with Crippen molar-refractivity contribution in [1.29, 1.82) is 0 Å². The number of nitrogens with zero attached hydrogens (tertiary/aromatic N) is 5. The Labute approximate surface area is 103 Å². The highest BCUT2D eigenvalue weighted by Gasteiger charge is 2.13. The van der Waals surface area contributed by atoms with E-state index in [0.717, 1.165) is 23.8 Å². The minimum atomic E-state index is 0.550. The molecule has 2 N–H and O–H groups in total. The van der Waals surface area contributed by atoms with Crippen LogP contribution in [0.4, 0.5) is 5.13 Å². The van der Waals surface area contributed by atoms with Crippen LogP contribution in [0.15, 0.2) is 0 Å². The van der Waals surface area contributed by atoms with Gasteiger partial charge in [-0.05, 0) is 25.9 Å². The molecule has 1 aliphatic heterocycles. The lowest BCUT2D eigenvalue weighted by atomic mass is 10.1. The van der Waals surface area contributed by atoms with E-state index in [2.05, 4.69) is 20.2 Å². The van der Waals surface area contributed by atoms with Crippen LogP contribution in [0.5, 0.6) is 0 Å². The predicted molar refractivity (Wildman–Crippen MR) is 67.1 cm³/mol. The number of piperidine rings is 1. The maximum atomic E-state index is 5.65. The van der Waals surface area contributed by atoms with E-state index < -0.39 is 0 Å². The molecule has 7 heteroatoms. The van der Waals surface area contributed by atoms with E-state index in [1.165, 1.54) is 43.7 Å². The van der Waals surface area contributed by atoms with Crippen molar-refractivity contribution in [2.75, 3.05) is 25.4 Å². The van der Waals surface area contributed by atoms with Gasteiger partial charge >= 0.3 is 0 Å². The number of rotatable bonds is 3. The highest BCUT2D eigenvalue weighted by Crippen LogP contribution is 2.16. The van der Waals surface area contributed by atoms with E-state index in [1.807, 2.05) is 0 Å². The average Bonchev–Trinajstić information content (AvgIpc) is 2.87. The zero-order chi connectivity index (χ0) is 11.7. The lowest BCUT2D eigenvalue weighted by molar-refractivity contribution is 0.230. The maximum absolute atomic E-state index is 5.65. The normalized spacial score (nSPS) is 17.9. The SMILES string of the molecule is Nc1nn2c(CCN3CCCCC3)nnc2s1. The first-order valence-electron chi connectivity index (χ1n) is 6.02. The van der Waals surface area contributed by atoms with Crippen molar-refractivity contribution in [2.24, 2.45) is 0 Å². The molecule has 0 aromatic carbocycles. The van der Waals surface area contributed by atoms with Gasteiger partial charge in [-0.1, -0.05) is 17.8 Å². The molecular weight excluding hydrogens is 236 g/mol. The molecule has 2 aromatic rings. The molecule has 92 valence electrons. The number of nitrogens with two attached hydrogens (primary N) is 1. The molecule has 3 rings (SSSR count). The molecule has 17 heavy (non-hydrogen) atoms. The van der Waals surface area contributed by atoms with E-state index >= 15 is 0 Å². The number of aromatic nitrogens is 4. The molecule has 6 nitrogen and oxygen atoms in total. The molecule has 1 fully saturated rings. The third-order valence-corrected chi connectivity index (χ3v) is 3.90. The van der Waals surface area contributed by atoms with Crippen LogP contribution in [0.1, 0.15) is 25.1 Å². The third-order valence-electron chi connectivity index (χ3n) is 3.17. The number of hydrogen-bond donors (Lipinski definition) is 1. The van der Waals surface area contributed by atoms with Gasteiger partial charge in [-0.25, -0.2) is 0 Å². The Kier molecular flexibility index (Phi) is 2.94. The summed E-state index contributed by atoms with van der Waals surface area (Å²) in [5.41, 5.74) is 5.65. The van der Waals surface area contributed by atoms with Crippen LogP contribution in [-0.2, 0) is 6.42 Å². The highest BCUT2D eigenvalue weighted by molar-refractivity contribution is 7.20. The average molecular weight is 252 g/mol. The van der Waals surface area contributed by atoms with Crippen molar-refractivity contribution in [3.8, 4) is 0 Å². The fourth-order valence-electron chi connectivity index (χ4n) is 2.27. The molecule has 1 saturated heterocycles. The third kappa shape index (κ3) is 2.25. The van der Waals surface area contributed by atoms with Gasteiger partial charge in [-0.3, -0.25) is 0 Å². The van der Waals surface area contributed by atoms with Gasteiger partial charge in [0.15, 0.2) is 5.82 Å². The summed E-state index contributed by atoms with van der Waals surface area (Å²) in [6.45, 7) is 3.46. The summed E-state index contributed by atoms with van der Waals surface area (Å²) in [7, 11) is 0. The Balaban J connectivity index is 1.67. The topological polar surface area (TPSA) is 72.3 Å². The van der Waals surface area contributed by atoms with Gasteiger partial charge in [-0.2, -0.15) is 4.52 Å². The van der Waals surface area contributed by atoms with E-state index in [1.54, 1.807) is 4.52 Å². The van der Waals surface area contributed by atoms with Gasteiger partial charge in [0.25, 0.3) is 0 Å². The lowest BCUT2D eigenvalue weighted by Gasteiger charge is -2.25. The van der Waals surface area contributed by atoms with Crippen LogP contribution in [0.25, 0.3) is 4.96 Å². The van der Waals surface area contributed by atoms with Crippen molar-refractivity contribution in [1.82, 2.24) is 24.7 Å². The summed E-state index contributed by atoms with van der Waals surface area (Å²) in [4.78, 5) is 3.27. The number of likely N-dealkylation sites (tertiary alicyclic amines) is 1. The number of nitrogen functional groups attached to an aromatic ring is 1. The van der Waals surface area contributed by atoms with E-state index in [4.69, 9.17) is 5.73 Å². The molecule has 0 radical (unpaired) electrons. The standard InChI is InChI=1S/C10H16N6S/c11-9-14-16-8(12-13-10(16)17-9)4-7-15-5-2-1-3-6-15/h1-7H2,(H2,11,14). The molecule has 0 unspecified atom stereocenters. The molecule has 3 heterocycles. The lowest BCUT2D eigenvalue weighted by Crippen LogP contribution is -2.31. The first-order chi connectivity index (χ1) is 8.33. The minimum Gasteiger partial charge on any atom is -0.374 e. The molecule has 2 aromatic heterocycles. The minimum absolute atomic E-state index is 0.550. The van der Waals surface area contributed by atoms with E-state index in [0.29, 0.717) is 5.13 Å². The van der Waals surface area contributed by atoms with E-state index in [-0.39, 0.29) is 0 Å². The number of hydrogen-bond acceptors (Lipinski definition) is 6. The summed E-state index contributed by atoms with van der Waals surface area (Å²) in [6.07, 6.45) is 4.90. The van der Waals surface area contributed by atoms with Crippen molar-refractivity contribution >= 4 is 21.4 Å². The van der Waals surface area contributed by atoms with Gasteiger partial charge < -0.3 is 10.6 Å². The van der Waals surface area contributed by atoms with Crippen molar-refractivity contribution in [3.05, 3.63) is 5.82 Å². The van der Waals surface area contributed by atoms with Gasteiger partial charge in [0, 0.05) is 13.0 Å². The Morgan fingerprint density at radius 2 is 2.00 bits per heavy atom. The Hall–Kier alpha value is -1.21. The van der Waals surface area contributed by atoms with E-state index in [9.17, 15) is 0 Å². The van der Waals surface area contributed by atoms with Crippen molar-refractivity contribution < 1.29 is 0 Å². The second-order valence-corrected chi connectivity index (χ2v) is 5.39. The second kappa shape index (κ2) is 4.58. The Morgan fingerprint density at radius 1 is 1.18 bits per heavy atom. The van der Waals surface area contributed by atoms with Crippen molar-refractivity contribution in [2.45, 2.75) is 25.7 Å². The summed E-state index contributed by atoms with van der Waals surface area (Å²) in [6, 6.07) is 0. The maximum Gasteiger partial charge on any atom is 0.236 e. The molecule has 0 amide bonds. The quantitative estimate of drug-likeness (QED) is 0.874. The van der Waals surface area contributed by atoms with Crippen LogP contribution >= 0.6 is 11.3 Å². The highest BCUT2D eigenvalue weighted by atomic mass is 32.1. The smallest absolute Gasteiger partial charge is 0.236 e. The monoisotopic (exact) mass is 252 g/mol. The second-order valence-electron chi connectivity index (χ2n) is 4.40. The molecule has 1 aliphatic rings. The molecule has 0 saturated carbocycles. The Morgan fingerprint density at radius 3 is 2.82 bits per heavy atom. The Bertz CT molecular complexity index is 498. The summed E-state index contributed by atoms with van der Waals surface area (Å²) < 4.78 is 1.77. The summed E-state index contributed by atoms with van der Waals surface area (Å²) in [5, 5.41) is 13.0. The van der Waals surface area contributed by atoms with Gasteiger partial charge in [0.05, 0.1) is 0 Å². The number of anilines is 1. The van der Waals surface area contributed by atoms with Crippen LogP contribution in [0.2, 0.25) is 0 Å². The van der Waals surface area contributed by atoms with Crippen molar-refractivity contribution in [3.63, 3.8) is 0 Å². The largest absolute Gasteiger partial charge is 0.374 e. The fourth-order valence-corrected chi connectivity index (χ4v) is 2.89. The zero-order valence-electron chi connectivity index (χ0n) is 9.67. The number of fused-ring (bicyclic) bond motifs is 1. The van der Waals surface area contributed by atoms with Gasteiger partial charge in [-0.15, -0.1) is 15.3 Å².